The van der Waals surface area contributed by atoms with Gasteiger partial charge in [0.25, 0.3) is 5.52 Å². The van der Waals surface area contributed by atoms with E-state index in [1.807, 2.05) is 6.92 Å². The third kappa shape index (κ3) is 2.01. The van der Waals surface area contributed by atoms with Crippen molar-refractivity contribution < 1.29 is 14.3 Å². The second-order valence-corrected chi connectivity index (χ2v) is 4.95. The van der Waals surface area contributed by atoms with E-state index in [9.17, 15) is 20.0 Å². The molecule has 0 spiro atoms. The van der Waals surface area contributed by atoms with Gasteiger partial charge in [-0.25, -0.2) is 4.79 Å². The average molecular weight is 296 g/mol. The zero-order valence-electron chi connectivity index (χ0n) is 11.7. The number of hydrogen-bond donors (Lipinski definition) is 1. The van der Waals surface area contributed by atoms with Gasteiger partial charge >= 0.3 is 11.7 Å². The fourth-order valence-corrected chi connectivity index (χ4v) is 2.39. The van der Waals surface area contributed by atoms with Crippen LogP contribution in [-0.4, -0.2) is 15.8 Å². The van der Waals surface area contributed by atoms with Gasteiger partial charge < -0.3 is 15.0 Å². The zero-order chi connectivity index (χ0) is 15.9. The van der Waals surface area contributed by atoms with Crippen LogP contribution < -0.4 is 4.43 Å². The molecule has 0 aliphatic heterocycles. The van der Waals surface area contributed by atoms with Crippen LogP contribution >= 0.6 is 0 Å². The van der Waals surface area contributed by atoms with Crippen LogP contribution in [0, 0.1) is 17.0 Å². The number of carbonyl (C=O) groups is 1. The molecule has 0 atom stereocenters. The first kappa shape index (κ1) is 13.8. The molecule has 1 N–H and O–H groups in total. The summed E-state index contributed by atoms with van der Waals surface area (Å²) in [4.78, 5) is 24.1. The molecule has 0 bridgehead atoms. The summed E-state index contributed by atoms with van der Waals surface area (Å²) in [6, 6.07) is 12.9. The first-order chi connectivity index (χ1) is 10.5. The predicted octanol–water partition coefficient (Wildman–Crippen LogP) is 2.58. The highest BCUT2D eigenvalue weighted by molar-refractivity contribution is 5.94. The molecule has 0 amide bonds. The summed E-state index contributed by atoms with van der Waals surface area (Å²) in [5, 5.41) is 21.7. The Labute approximate surface area is 125 Å². The van der Waals surface area contributed by atoms with Crippen molar-refractivity contribution in [2.24, 2.45) is 0 Å². The number of carboxylic acid groups (broad SMARTS) is 1. The van der Waals surface area contributed by atoms with Gasteiger partial charge in [0, 0.05) is 11.0 Å². The van der Waals surface area contributed by atoms with Crippen LogP contribution in [0.1, 0.15) is 16.1 Å². The molecule has 3 aromatic rings. The summed E-state index contributed by atoms with van der Waals surface area (Å²) < 4.78 is 0.791. The highest BCUT2D eigenvalue weighted by atomic mass is 16.5. The zero-order valence-corrected chi connectivity index (χ0v) is 11.7. The lowest BCUT2D eigenvalue weighted by molar-refractivity contribution is -0.452. The number of aromatic carboxylic acids is 1. The van der Waals surface area contributed by atoms with Gasteiger partial charge in [0.1, 0.15) is 5.52 Å². The highest BCUT2D eigenvalue weighted by Crippen LogP contribution is 2.23. The van der Waals surface area contributed by atoms with Gasteiger partial charge in [-0.2, -0.15) is 0 Å². The van der Waals surface area contributed by atoms with Crippen molar-refractivity contribution in [3.05, 3.63) is 69.9 Å². The van der Waals surface area contributed by atoms with Gasteiger partial charge in [0.2, 0.25) is 5.69 Å². The maximum absolute atomic E-state index is 12.6. The summed E-state index contributed by atoms with van der Waals surface area (Å²) >= 11 is 0. The Bertz CT molecular complexity index is 943. The molecule has 1 aromatic heterocycles. The molecular formula is C16H12N2O4. The van der Waals surface area contributed by atoms with E-state index >= 15 is 0 Å². The van der Waals surface area contributed by atoms with E-state index in [2.05, 4.69) is 0 Å². The molecule has 0 aliphatic rings. The molecule has 0 radical (unpaired) electrons. The number of rotatable bonds is 2. The van der Waals surface area contributed by atoms with Gasteiger partial charge in [-0.15, -0.1) is 0 Å². The van der Waals surface area contributed by atoms with Crippen molar-refractivity contribution in [3.8, 4) is 11.3 Å². The Hall–Kier alpha value is -3.15. The first-order valence-corrected chi connectivity index (χ1v) is 6.59. The van der Waals surface area contributed by atoms with E-state index in [1.165, 1.54) is 12.1 Å². The van der Waals surface area contributed by atoms with Crippen LogP contribution in [-0.2, 0) is 0 Å². The number of aromatic nitrogens is 2. The Morgan fingerprint density at radius 3 is 2.41 bits per heavy atom. The van der Waals surface area contributed by atoms with Crippen molar-refractivity contribution in [3.63, 3.8) is 0 Å². The maximum Gasteiger partial charge on any atom is 0.359 e. The van der Waals surface area contributed by atoms with Crippen LogP contribution in [0.3, 0.4) is 0 Å². The minimum Gasteiger partial charge on any atom is -0.805 e. The molecular weight excluding hydrogens is 284 g/mol. The molecule has 6 nitrogen and oxygen atoms in total. The summed E-state index contributed by atoms with van der Waals surface area (Å²) in [7, 11) is 0. The molecule has 1 heterocycles. The van der Waals surface area contributed by atoms with Crippen molar-refractivity contribution in [1.29, 1.82) is 0 Å². The summed E-state index contributed by atoms with van der Waals surface area (Å²) in [5.41, 5.74) is 0.741. The largest absolute Gasteiger partial charge is 0.805 e. The van der Waals surface area contributed by atoms with Crippen LogP contribution in [0.4, 0.5) is 0 Å². The number of aryl methyl sites for hydroxylation is 1. The van der Waals surface area contributed by atoms with E-state index in [1.54, 1.807) is 36.4 Å². The second-order valence-electron chi connectivity index (χ2n) is 4.95. The van der Waals surface area contributed by atoms with Gasteiger partial charge in [0.05, 0.1) is 9.99 Å². The summed E-state index contributed by atoms with van der Waals surface area (Å²) in [5.74, 6) is -1.44. The van der Waals surface area contributed by atoms with E-state index < -0.39 is 11.7 Å². The normalized spacial score (nSPS) is 10.8. The van der Waals surface area contributed by atoms with Crippen molar-refractivity contribution in [2.75, 3.05) is 0 Å². The quantitative estimate of drug-likeness (QED) is 0.736. The predicted molar refractivity (Wildman–Crippen MR) is 81.2 cm³/mol. The monoisotopic (exact) mass is 296 g/mol. The lowest BCUT2D eigenvalue weighted by Gasteiger charge is -2.16. The molecule has 110 valence electrons. The summed E-state index contributed by atoms with van der Waals surface area (Å²) in [6.07, 6.45) is 0. The topological polar surface area (TPSA) is 88.3 Å². The fraction of sp³-hybridized carbons (Fsp3) is 0.0625. The molecule has 3 rings (SSSR count). The number of fused-ring (bicyclic) bond motifs is 1. The van der Waals surface area contributed by atoms with E-state index in [4.69, 9.17) is 0 Å². The molecule has 0 unspecified atom stereocenters. The van der Waals surface area contributed by atoms with Gasteiger partial charge in [0.15, 0.2) is 0 Å². The molecule has 6 heteroatoms. The minimum absolute atomic E-state index is 0.0192. The standard InChI is InChI=1S/C16H12N2O4/c1-10-6-8-11(9-7-10)14-15(16(19)20)18(22)13-5-3-2-4-12(13)17(14)21/h2-9H,1H3,(H,19,20). The average Bonchev–Trinajstić information content (AvgIpc) is 2.51. The van der Waals surface area contributed by atoms with Gasteiger partial charge in [-0.05, 0) is 25.1 Å². The number of hydrogen-bond acceptors (Lipinski definition) is 3. The van der Waals surface area contributed by atoms with Gasteiger partial charge in [-0.3, -0.25) is 0 Å². The number of benzene rings is 2. The van der Waals surface area contributed by atoms with Gasteiger partial charge in [-0.1, -0.05) is 29.8 Å². The molecule has 22 heavy (non-hydrogen) atoms. The number of carboxylic acids is 1. The van der Waals surface area contributed by atoms with Crippen LogP contribution in [0.25, 0.3) is 22.3 Å². The minimum atomic E-state index is -1.44. The highest BCUT2D eigenvalue weighted by Gasteiger charge is 2.28. The van der Waals surface area contributed by atoms with E-state index in [0.29, 0.717) is 14.7 Å². The number of para-hydroxylation sites is 2. The van der Waals surface area contributed by atoms with Crippen LogP contribution in [0.2, 0.25) is 0 Å². The maximum atomic E-state index is 12.6. The lowest BCUT2D eigenvalue weighted by atomic mass is 10.1. The second kappa shape index (κ2) is 5.00. The lowest BCUT2D eigenvalue weighted by Crippen LogP contribution is -2.27. The Kier molecular flexibility index (Phi) is 3.14. The van der Waals surface area contributed by atoms with Crippen molar-refractivity contribution in [1.82, 2.24) is 4.73 Å². The summed E-state index contributed by atoms with van der Waals surface area (Å²) in [6.45, 7) is 1.88. The van der Waals surface area contributed by atoms with Crippen LogP contribution in [0.5, 0.6) is 0 Å². The first-order valence-electron chi connectivity index (χ1n) is 6.59. The molecule has 2 aromatic carbocycles. The van der Waals surface area contributed by atoms with Crippen molar-refractivity contribution in [2.45, 2.75) is 6.92 Å². The molecule has 0 saturated heterocycles. The Morgan fingerprint density at radius 1 is 1.14 bits per heavy atom. The SMILES string of the molecule is Cc1ccc(-c2c(C(=O)O)n([O-])c3ccccc3[n+]2=O)cc1. The fourth-order valence-electron chi connectivity index (χ4n) is 2.39. The Morgan fingerprint density at radius 2 is 1.77 bits per heavy atom. The molecule has 0 fully saturated rings. The smallest absolute Gasteiger partial charge is 0.359 e. The van der Waals surface area contributed by atoms with E-state index in [0.717, 1.165) is 5.56 Å². The number of nitrogens with zero attached hydrogens (tertiary/aromatic N) is 2. The molecule has 0 saturated carbocycles. The van der Waals surface area contributed by atoms with Crippen LogP contribution in [0.15, 0.2) is 48.5 Å². The van der Waals surface area contributed by atoms with E-state index in [-0.39, 0.29) is 16.7 Å². The third-order valence-corrected chi connectivity index (χ3v) is 3.48. The third-order valence-electron chi connectivity index (χ3n) is 3.48. The Balaban J connectivity index is 2.49. The van der Waals surface area contributed by atoms with Crippen molar-refractivity contribution >= 4 is 17.0 Å². The molecule has 0 aliphatic carbocycles.